The number of rotatable bonds is 1. The molecule has 2 heterocycles. The molecule has 0 unspecified atom stereocenters. The van der Waals surface area contributed by atoms with E-state index in [1.807, 2.05) is 0 Å². The Balaban J connectivity index is 2.66. The molecule has 0 saturated carbocycles. The first-order valence-corrected chi connectivity index (χ1v) is 4.56. The lowest BCUT2D eigenvalue weighted by Gasteiger charge is -2.08. The highest BCUT2D eigenvalue weighted by Crippen LogP contribution is 2.29. The van der Waals surface area contributed by atoms with Gasteiger partial charge in [0.05, 0.1) is 11.9 Å². The molecule has 0 spiro atoms. The Hall–Kier alpha value is -1.70. The van der Waals surface area contributed by atoms with Crippen molar-refractivity contribution in [3.63, 3.8) is 0 Å². The van der Waals surface area contributed by atoms with Crippen molar-refractivity contribution in [3.8, 4) is 5.69 Å². The van der Waals surface area contributed by atoms with Gasteiger partial charge in [0.1, 0.15) is 0 Å². The lowest BCUT2D eigenvalue weighted by atomic mass is 10.4. The van der Waals surface area contributed by atoms with E-state index in [1.165, 1.54) is 24.5 Å². The summed E-state index contributed by atoms with van der Waals surface area (Å²) >= 11 is 4.74. The molecule has 0 atom stereocenters. The van der Waals surface area contributed by atoms with Gasteiger partial charge in [0.15, 0.2) is 4.77 Å². The van der Waals surface area contributed by atoms with Gasteiger partial charge in [0.25, 0.3) is 0 Å². The fourth-order valence-corrected chi connectivity index (χ4v) is 1.45. The van der Waals surface area contributed by atoms with Gasteiger partial charge in [0, 0.05) is 6.20 Å². The van der Waals surface area contributed by atoms with Crippen molar-refractivity contribution in [1.82, 2.24) is 19.7 Å². The van der Waals surface area contributed by atoms with E-state index in [4.69, 9.17) is 12.2 Å². The maximum absolute atomic E-state index is 12.6. The van der Waals surface area contributed by atoms with Crippen LogP contribution in [0.1, 0.15) is 5.82 Å². The van der Waals surface area contributed by atoms with Gasteiger partial charge in [-0.2, -0.15) is 13.2 Å². The molecule has 0 bridgehead atoms. The highest BCUT2D eigenvalue weighted by Gasteiger charge is 2.37. The number of nitrogens with one attached hydrogen (secondary N) is 1. The predicted octanol–water partition coefficient (Wildman–Crippen LogP) is 2.34. The molecule has 1 N–H and O–H groups in total. The number of alkyl halides is 3. The number of H-pyrrole nitrogens is 1. The lowest BCUT2D eigenvalue weighted by molar-refractivity contribution is -0.146. The minimum Gasteiger partial charge on any atom is -0.263 e. The largest absolute Gasteiger partial charge is 0.452 e. The number of pyridine rings is 1. The molecule has 8 heteroatoms. The van der Waals surface area contributed by atoms with Crippen LogP contribution >= 0.6 is 12.2 Å². The van der Waals surface area contributed by atoms with Crippen molar-refractivity contribution < 1.29 is 13.2 Å². The van der Waals surface area contributed by atoms with Gasteiger partial charge in [0.2, 0.25) is 5.82 Å². The molecule has 0 saturated heterocycles. The van der Waals surface area contributed by atoms with E-state index in [-0.39, 0.29) is 10.5 Å². The van der Waals surface area contributed by atoms with Crippen LogP contribution in [0.25, 0.3) is 5.69 Å². The summed E-state index contributed by atoms with van der Waals surface area (Å²) < 4.78 is 38.4. The Morgan fingerprint density at radius 1 is 1.38 bits per heavy atom. The lowest BCUT2D eigenvalue weighted by Crippen LogP contribution is -2.14. The summed E-state index contributed by atoms with van der Waals surface area (Å²) in [4.78, 5) is 3.73. The topological polar surface area (TPSA) is 46.5 Å². The van der Waals surface area contributed by atoms with Gasteiger partial charge in [-0.15, -0.1) is 5.10 Å². The van der Waals surface area contributed by atoms with Crippen LogP contribution < -0.4 is 0 Å². The maximum Gasteiger partial charge on any atom is 0.452 e. The summed E-state index contributed by atoms with van der Waals surface area (Å²) in [5.41, 5.74) is 0.216. The summed E-state index contributed by atoms with van der Waals surface area (Å²) in [6.45, 7) is 0. The Bertz CT molecular complexity index is 542. The van der Waals surface area contributed by atoms with Gasteiger partial charge in [-0.25, -0.2) is 0 Å². The SMILES string of the molecule is FC(F)(F)c1n[nH]c(=S)n1-c1cccnc1. The zero-order valence-corrected chi connectivity index (χ0v) is 8.51. The highest BCUT2D eigenvalue weighted by molar-refractivity contribution is 7.71. The van der Waals surface area contributed by atoms with E-state index in [2.05, 4.69) is 15.2 Å². The van der Waals surface area contributed by atoms with E-state index in [0.717, 1.165) is 4.57 Å². The molecule has 0 aliphatic rings. The molecule has 0 amide bonds. The summed E-state index contributed by atoms with van der Waals surface area (Å²) in [5, 5.41) is 5.27. The quantitative estimate of drug-likeness (QED) is 0.785. The molecule has 0 aromatic carbocycles. The number of hydrogen-bond acceptors (Lipinski definition) is 3. The van der Waals surface area contributed by atoms with Crippen molar-refractivity contribution in [2.24, 2.45) is 0 Å². The fraction of sp³-hybridized carbons (Fsp3) is 0.125. The molecule has 0 aliphatic heterocycles. The average molecular weight is 246 g/mol. The van der Waals surface area contributed by atoms with Crippen molar-refractivity contribution in [1.29, 1.82) is 0 Å². The molecule has 0 radical (unpaired) electrons. The molecule has 0 fully saturated rings. The molecule has 2 aromatic heterocycles. The smallest absolute Gasteiger partial charge is 0.263 e. The van der Waals surface area contributed by atoms with Gasteiger partial charge < -0.3 is 0 Å². The summed E-state index contributed by atoms with van der Waals surface area (Å²) in [6, 6.07) is 2.98. The Morgan fingerprint density at radius 2 is 2.12 bits per heavy atom. The first-order valence-electron chi connectivity index (χ1n) is 4.15. The van der Waals surface area contributed by atoms with Crippen LogP contribution in [0.4, 0.5) is 13.2 Å². The molecule has 2 rings (SSSR count). The monoisotopic (exact) mass is 246 g/mol. The number of aromatic nitrogens is 4. The van der Waals surface area contributed by atoms with Crippen LogP contribution in [0, 0.1) is 4.77 Å². The minimum absolute atomic E-state index is 0.125. The maximum atomic E-state index is 12.6. The second-order valence-electron chi connectivity index (χ2n) is 2.90. The van der Waals surface area contributed by atoms with Crippen molar-refractivity contribution in [2.45, 2.75) is 6.18 Å². The Morgan fingerprint density at radius 3 is 2.69 bits per heavy atom. The van der Waals surface area contributed by atoms with E-state index in [1.54, 1.807) is 0 Å². The molecule has 0 aliphatic carbocycles. The number of hydrogen-bond donors (Lipinski definition) is 1. The third kappa shape index (κ3) is 1.83. The fourth-order valence-electron chi connectivity index (χ4n) is 1.21. The third-order valence-corrected chi connectivity index (χ3v) is 2.10. The summed E-state index contributed by atoms with van der Waals surface area (Å²) in [6.07, 6.45) is -1.83. The predicted molar refractivity (Wildman–Crippen MR) is 51.5 cm³/mol. The molecule has 16 heavy (non-hydrogen) atoms. The molecule has 2 aromatic rings. The van der Waals surface area contributed by atoms with Crippen LogP contribution in [0.5, 0.6) is 0 Å². The second-order valence-corrected chi connectivity index (χ2v) is 3.28. The molecular formula is C8H5F3N4S. The van der Waals surface area contributed by atoms with E-state index in [9.17, 15) is 13.2 Å². The molecule has 4 nitrogen and oxygen atoms in total. The van der Waals surface area contributed by atoms with Crippen LogP contribution in [0.3, 0.4) is 0 Å². The molecule has 84 valence electrons. The van der Waals surface area contributed by atoms with Crippen molar-refractivity contribution >= 4 is 12.2 Å². The van der Waals surface area contributed by atoms with Crippen LogP contribution in [-0.4, -0.2) is 19.7 Å². The Labute approximate surface area is 92.8 Å². The highest BCUT2D eigenvalue weighted by atomic mass is 32.1. The number of halogens is 3. The normalized spacial score (nSPS) is 11.7. The Kier molecular flexibility index (Phi) is 2.50. The van der Waals surface area contributed by atoms with Gasteiger partial charge in [-0.05, 0) is 24.4 Å². The van der Waals surface area contributed by atoms with Gasteiger partial charge >= 0.3 is 6.18 Å². The van der Waals surface area contributed by atoms with Crippen molar-refractivity contribution in [3.05, 3.63) is 35.1 Å². The third-order valence-electron chi connectivity index (χ3n) is 1.83. The van der Waals surface area contributed by atoms with E-state index in [0.29, 0.717) is 0 Å². The van der Waals surface area contributed by atoms with Crippen molar-refractivity contribution in [2.75, 3.05) is 0 Å². The van der Waals surface area contributed by atoms with E-state index >= 15 is 0 Å². The average Bonchev–Trinajstić information content (AvgIpc) is 2.61. The van der Waals surface area contributed by atoms with Gasteiger partial charge in [-0.3, -0.25) is 14.6 Å². The zero-order chi connectivity index (χ0) is 11.8. The minimum atomic E-state index is -4.57. The standard InChI is InChI=1S/C8H5F3N4S/c9-8(10,11)6-13-14-7(16)15(6)5-2-1-3-12-4-5/h1-4H,(H,14,16). The summed E-state index contributed by atoms with van der Waals surface area (Å²) in [5.74, 6) is -1.09. The zero-order valence-electron chi connectivity index (χ0n) is 7.69. The van der Waals surface area contributed by atoms with Crippen LogP contribution in [0.15, 0.2) is 24.5 Å². The summed E-state index contributed by atoms with van der Waals surface area (Å²) in [7, 11) is 0. The molecular weight excluding hydrogens is 241 g/mol. The van der Waals surface area contributed by atoms with Crippen LogP contribution in [0.2, 0.25) is 0 Å². The van der Waals surface area contributed by atoms with Crippen LogP contribution in [-0.2, 0) is 6.18 Å². The first-order chi connectivity index (χ1) is 7.50. The second kappa shape index (κ2) is 3.71. The number of aromatic amines is 1. The van der Waals surface area contributed by atoms with E-state index < -0.39 is 12.0 Å². The van der Waals surface area contributed by atoms with Gasteiger partial charge in [-0.1, -0.05) is 0 Å². The number of nitrogens with zero attached hydrogens (tertiary/aromatic N) is 3. The first kappa shape index (κ1) is 10.8.